The molecule has 20 heavy (non-hydrogen) atoms. The molecule has 2 heterocycles. The van der Waals surface area contributed by atoms with E-state index in [9.17, 15) is 0 Å². The van der Waals surface area contributed by atoms with E-state index in [0.717, 1.165) is 30.5 Å². The number of nitrogens with zero attached hydrogens (tertiary/aromatic N) is 2. The molecule has 2 aromatic rings. The molecule has 0 radical (unpaired) electrons. The molecule has 1 aromatic heterocycles. The highest BCUT2D eigenvalue weighted by Crippen LogP contribution is 2.23. The van der Waals surface area contributed by atoms with Crippen LogP contribution in [0, 0.1) is 5.92 Å². The molecule has 4 nitrogen and oxygen atoms in total. The zero-order valence-electron chi connectivity index (χ0n) is 11.3. The Hall–Kier alpha value is -1.39. The van der Waals surface area contributed by atoms with Crippen LogP contribution >= 0.6 is 11.6 Å². The molecule has 1 aliphatic rings. The van der Waals surface area contributed by atoms with Gasteiger partial charge in [-0.2, -0.15) is 0 Å². The SMILES string of the molecule is Clc1nc2ccccc2nc1OCC[C@H]1CCCNC1. The van der Waals surface area contributed by atoms with Crippen molar-refractivity contribution < 1.29 is 4.74 Å². The molecule has 0 unspecified atom stereocenters. The van der Waals surface area contributed by atoms with Gasteiger partial charge in [-0.3, -0.25) is 0 Å². The molecule has 106 valence electrons. The van der Waals surface area contributed by atoms with Crippen LogP contribution in [0.15, 0.2) is 24.3 Å². The maximum Gasteiger partial charge on any atom is 0.252 e. The van der Waals surface area contributed by atoms with Gasteiger partial charge in [-0.05, 0) is 50.4 Å². The summed E-state index contributed by atoms with van der Waals surface area (Å²) in [5.41, 5.74) is 1.60. The minimum Gasteiger partial charge on any atom is -0.475 e. The Morgan fingerprint density at radius 1 is 1.25 bits per heavy atom. The lowest BCUT2D eigenvalue weighted by Crippen LogP contribution is -2.30. The minimum absolute atomic E-state index is 0.338. The normalized spacial score (nSPS) is 19.1. The molecule has 1 N–H and O–H groups in total. The topological polar surface area (TPSA) is 47.0 Å². The maximum atomic E-state index is 6.11. The number of halogens is 1. The van der Waals surface area contributed by atoms with Gasteiger partial charge < -0.3 is 10.1 Å². The number of aromatic nitrogens is 2. The van der Waals surface area contributed by atoms with Gasteiger partial charge in [0.25, 0.3) is 5.88 Å². The van der Waals surface area contributed by atoms with Crippen LogP contribution in [0.3, 0.4) is 0 Å². The predicted molar refractivity (Wildman–Crippen MR) is 80.3 cm³/mol. The Morgan fingerprint density at radius 3 is 2.80 bits per heavy atom. The smallest absolute Gasteiger partial charge is 0.252 e. The molecule has 1 atom stereocenters. The summed E-state index contributed by atoms with van der Waals surface area (Å²) in [5.74, 6) is 1.13. The fourth-order valence-corrected chi connectivity index (χ4v) is 2.73. The second-order valence-electron chi connectivity index (χ2n) is 5.16. The fourth-order valence-electron chi connectivity index (χ4n) is 2.55. The summed E-state index contributed by atoms with van der Waals surface area (Å²) in [7, 11) is 0. The summed E-state index contributed by atoms with van der Waals surface area (Å²) in [6.45, 7) is 2.86. The first kappa shape index (κ1) is 13.6. The largest absolute Gasteiger partial charge is 0.475 e. The van der Waals surface area contributed by atoms with Gasteiger partial charge in [0.05, 0.1) is 17.6 Å². The number of hydrogen-bond acceptors (Lipinski definition) is 4. The van der Waals surface area contributed by atoms with Crippen molar-refractivity contribution >= 4 is 22.6 Å². The van der Waals surface area contributed by atoms with Crippen LogP contribution in [0.5, 0.6) is 5.88 Å². The number of rotatable bonds is 4. The molecule has 1 aromatic carbocycles. The van der Waals surface area contributed by atoms with E-state index in [-0.39, 0.29) is 0 Å². The zero-order valence-corrected chi connectivity index (χ0v) is 12.1. The second-order valence-corrected chi connectivity index (χ2v) is 5.52. The van der Waals surface area contributed by atoms with Crippen molar-refractivity contribution in [2.45, 2.75) is 19.3 Å². The van der Waals surface area contributed by atoms with Crippen LogP contribution in [-0.4, -0.2) is 29.7 Å². The Balaban J connectivity index is 1.63. The van der Waals surface area contributed by atoms with Crippen LogP contribution in [0.1, 0.15) is 19.3 Å². The average Bonchev–Trinajstić information content (AvgIpc) is 2.49. The van der Waals surface area contributed by atoms with Gasteiger partial charge in [0.15, 0.2) is 5.15 Å². The Bertz CT molecular complexity index is 584. The summed E-state index contributed by atoms with van der Waals surface area (Å²) < 4.78 is 5.71. The minimum atomic E-state index is 0.338. The molecule has 1 fully saturated rings. The van der Waals surface area contributed by atoms with Crippen molar-refractivity contribution in [1.29, 1.82) is 0 Å². The molecular formula is C15H18ClN3O. The highest BCUT2D eigenvalue weighted by molar-refractivity contribution is 6.31. The molecule has 0 spiro atoms. The van der Waals surface area contributed by atoms with E-state index in [1.807, 2.05) is 24.3 Å². The third kappa shape index (κ3) is 3.19. The number of fused-ring (bicyclic) bond motifs is 1. The third-order valence-electron chi connectivity index (χ3n) is 3.66. The third-order valence-corrected chi connectivity index (χ3v) is 3.91. The molecule has 5 heteroatoms. The van der Waals surface area contributed by atoms with Crippen molar-refractivity contribution in [3.8, 4) is 5.88 Å². The van der Waals surface area contributed by atoms with E-state index >= 15 is 0 Å². The van der Waals surface area contributed by atoms with E-state index < -0.39 is 0 Å². The highest BCUT2D eigenvalue weighted by Gasteiger charge is 2.14. The molecule has 0 amide bonds. The van der Waals surface area contributed by atoms with Crippen LogP contribution < -0.4 is 10.1 Å². The maximum absolute atomic E-state index is 6.11. The van der Waals surface area contributed by atoms with Crippen molar-refractivity contribution in [2.75, 3.05) is 19.7 Å². The van der Waals surface area contributed by atoms with Gasteiger partial charge in [-0.15, -0.1) is 0 Å². The van der Waals surface area contributed by atoms with Gasteiger partial charge in [0.1, 0.15) is 0 Å². The number of benzene rings is 1. The number of nitrogens with one attached hydrogen (secondary N) is 1. The van der Waals surface area contributed by atoms with Gasteiger partial charge in [0, 0.05) is 0 Å². The fraction of sp³-hybridized carbons (Fsp3) is 0.467. The summed E-state index contributed by atoms with van der Waals surface area (Å²) in [5, 5.41) is 3.75. The summed E-state index contributed by atoms with van der Waals surface area (Å²) >= 11 is 6.11. The highest BCUT2D eigenvalue weighted by atomic mass is 35.5. The van der Waals surface area contributed by atoms with Crippen LogP contribution in [0.4, 0.5) is 0 Å². The summed E-state index contributed by atoms with van der Waals surface area (Å²) in [4.78, 5) is 8.73. The van der Waals surface area contributed by atoms with Crippen molar-refractivity contribution in [3.63, 3.8) is 0 Å². The standard InChI is InChI=1S/C15H18ClN3O/c16-14-15(19-13-6-2-1-5-12(13)18-14)20-9-7-11-4-3-8-17-10-11/h1-2,5-6,11,17H,3-4,7-10H2/t11-/m1/s1. The molecule has 3 rings (SSSR count). The van der Waals surface area contributed by atoms with E-state index in [1.54, 1.807) is 0 Å². The van der Waals surface area contributed by atoms with Crippen LogP contribution in [0.25, 0.3) is 11.0 Å². The quantitative estimate of drug-likeness (QED) is 0.940. The first-order chi connectivity index (χ1) is 9.83. The number of ether oxygens (including phenoxy) is 1. The monoisotopic (exact) mass is 291 g/mol. The summed E-state index contributed by atoms with van der Waals surface area (Å²) in [6.07, 6.45) is 3.55. The number of piperidine rings is 1. The summed E-state index contributed by atoms with van der Waals surface area (Å²) in [6, 6.07) is 7.66. The lowest BCUT2D eigenvalue weighted by Gasteiger charge is -2.22. The molecule has 0 saturated carbocycles. The van der Waals surface area contributed by atoms with E-state index in [0.29, 0.717) is 23.6 Å². The first-order valence-electron chi connectivity index (χ1n) is 7.09. The Labute approximate surface area is 123 Å². The average molecular weight is 292 g/mol. The molecule has 0 bridgehead atoms. The zero-order chi connectivity index (χ0) is 13.8. The van der Waals surface area contributed by atoms with E-state index in [4.69, 9.17) is 16.3 Å². The molecule has 1 aliphatic heterocycles. The van der Waals surface area contributed by atoms with Crippen molar-refractivity contribution in [1.82, 2.24) is 15.3 Å². The van der Waals surface area contributed by atoms with E-state index in [1.165, 1.54) is 12.8 Å². The lowest BCUT2D eigenvalue weighted by molar-refractivity contribution is 0.247. The second kappa shape index (κ2) is 6.37. The molecule has 1 saturated heterocycles. The number of para-hydroxylation sites is 2. The first-order valence-corrected chi connectivity index (χ1v) is 7.46. The van der Waals surface area contributed by atoms with Crippen LogP contribution in [-0.2, 0) is 0 Å². The number of hydrogen-bond donors (Lipinski definition) is 1. The molecule has 0 aliphatic carbocycles. The van der Waals surface area contributed by atoms with Crippen molar-refractivity contribution in [2.24, 2.45) is 5.92 Å². The predicted octanol–water partition coefficient (Wildman–Crippen LogP) is 3.05. The van der Waals surface area contributed by atoms with Gasteiger partial charge in [-0.1, -0.05) is 23.7 Å². The molecular weight excluding hydrogens is 274 g/mol. The van der Waals surface area contributed by atoms with Gasteiger partial charge >= 0.3 is 0 Å². The Kier molecular flexibility index (Phi) is 4.33. The van der Waals surface area contributed by atoms with E-state index in [2.05, 4.69) is 15.3 Å². The van der Waals surface area contributed by atoms with Gasteiger partial charge in [0.2, 0.25) is 0 Å². The van der Waals surface area contributed by atoms with Crippen molar-refractivity contribution in [3.05, 3.63) is 29.4 Å². The van der Waals surface area contributed by atoms with Crippen LogP contribution in [0.2, 0.25) is 5.15 Å². The van der Waals surface area contributed by atoms with Gasteiger partial charge in [-0.25, -0.2) is 9.97 Å². The lowest BCUT2D eigenvalue weighted by atomic mass is 9.97. The Morgan fingerprint density at radius 2 is 2.05 bits per heavy atom.